The van der Waals surface area contributed by atoms with Crippen molar-refractivity contribution in [3.05, 3.63) is 88.7 Å². The highest BCUT2D eigenvalue weighted by molar-refractivity contribution is 7.71. The first-order valence-corrected chi connectivity index (χ1v) is 11.1. The number of carbonyl (C=O) groups is 1. The van der Waals surface area contributed by atoms with Gasteiger partial charge in [-0.05, 0) is 49.5 Å². The summed E-state index contributed by atoms with van der Waals surface area (Å²) in [7, 11) is 1.61. The van der Waals surface area contributed by atoms with Crippen LogP contribution in [0.5, 0.6) is 11.5 Å². The van der Waals surface area contributed by atoms with Crippen LogP contribution in [-0.4, -0.2) is 34.5 Å². The highest BCUT2D eigenvalue weighted by Crippen LogP contribution is 2.28. The molecule has 174 valence electrons. The zero-order valence-corrected chi connectivity index (χ0v) is 19.7. The molecule has 1 amide bonds. The Bertz CT molecular complexity index is 1330. The molecule has 3 N–H and O–H groups in total. The molecule has 0 aliphatic carbocycles. The molecule has 1 aromatic heterocycles. The number of nitrogens with zero attached hydrogens (tertiary/aromatic N) is 2. The zero-order chi connectivity index (χ0) is 23.9. The fourth-order valence-corrected chi connectivity index (χ4v) is 3.58. The van der Waals surface area contributed by atoms with E-state index in [1.165, 1.54) is 0 Å². The summed E-state index contributed by atoms with van der Waals surface area (Å²) in [5.41, 5.74) is 6.79. The second kappa shape index (κ2) is 10.7. The second-order valence-electron chi connectivity index (χ2n) is 7.53. The highest BCUT2D eigenvalue weighted by atomic mass is 32.1. The first-order valence-electron chi connectivity index (χ1n) is 10.7. The Morgan fingerprint density at radius 2 is 1.74 bits per heavy atom. The van der Waals surface area contributed by atoms with E-state index in [-0.39, 0.29) is 12.5 Å². The largest absolute Gasteiger partial charge is 0.496 e. The fraction of sp³-hybridized carbons (Fsp3) is 0.160. The van der Waals surface area contributed by atoms with Gasteiger partial charge in [-0.1, -0.05) is 48.0 Å². The monoisotopic (exact) mass is 475 g/mol. The average molecular weight is 476 g/mol. The molecule has 0 fully saturated rings. The first-order chi connectivity index (χ1) is 16.5. The Morgan fingerprint density at radius 1 is 1.03 bits per heavy atom. The smallest absolute Gasteiger partial charge is 0.262 e. The van der Waals surface area contributed by atoms with E-state index in [0.29, 0.717) is 28.6 Å². The van der Waals surface area contributed by atoms with Gasteiger partial charge < -0.3 is 20.2 Å². The Hall–Kier alpha value is -4.11. The number of methoxy groups -OCH3 is 1. The summed E-state index contributed by atoms with van der Waals surface area (Å²) in [6, 6.07) is 22.7. The van der Waals surface area contributed by atoms with Crippen molar-refractivity contribution in [2.75, 3.05) is 24.5 Å². The number of H-pyrrole nitrogens is 1. The number of para-hydroxylation sites is 2. The predicted molar refractivity (Wildman–Crippen MR) is 134 cm³/mol. The number of aromatic nitrogens is 3. The van der Waals surface area contributed by atoms with Gasteiger partial charge in [0.25, 0.3) is 5.91 Å². The van der Waals surface area contributed by atoms with Gasteiger partial charge in [0, 0.05) is 11.3 Å². The van der Waals surface area contributed by atoms with Gasteiger partial charge in [-0.2, -0.15) is 5.10 Å². The third-order valence-electron chi connectivity index (χ3n) is 5.11. The van der Waals surface area contributed by atoms with Crippen LogP contribution in [0.15, 0.2) is 72.8 Å². The van der Waals surface area contributed by atoms with Gasteiger partial charge in [0.15, 0.2) is 12.4 Å². The minimum absolute atomic E-state index is 0.109. The lowest BCUT2D eigenvalue weighted by Gasteiger charge is -2.15. The molecule has 1 heterocycles. The molecule has 4 rings (SSSR count). The number of ether oxygens (including phenoxy) is 2. The molecule has 8 nitrogen and oxygen atoms in total. The summed E-state index contributed by atoms with van der Waals surface area (Å²) < 4.78 is 13.4. The minimum atomic E-state index is -0.234. The van der Waals surface area contributed by atoms with Crippen LogP contribution in [0.3, 0.4) is 0 Å². The van der Waals surface area contributed by atoms with Crippen molar-refractivity contribution in [3.63, 3.8) is 0 Å². The molecule has 0 radical (unpaired) electrons. The quantitative estimate of drug-likeness (QED) is 0.304. The lowest BCUT2D eigenvalue weighted by molar-refractivity contribution is -0.118. The van der Waals surface area contributed by atoms with E-state index in [0.717, 1.165) is 22.4 Å². The number of hydrogen-bond donors (Lipinski definition) is 3. The average Bonchev–Trinajstić information content (AvgIpc) is 3.23. The van der Waals surface area contributed by atoms with E-state index in [1.807, 2.05) is 79.7 Å². The van der Waals surface area contributed by atoms with Crippen molar-refractivity contribution < 1.29 is 14.3 Å². The van der Waals surface area contributed by atoms with Crippen LogP contribution in [-0.2, 0) is 11.3 Å². The standard InChI is InChI=1S/C25H25N5O3S/c1-17-11-13-19(14-12-17)27-23(31)16-33-21-9-5-3-7-18(21)15-26-30-24(28-29-25(30)34)20-8-4-6-10-22(20)32-2/h3-14,26H,15-16H2,1-2H3,(H,27,31)(H,29,34). The molecular weight excluding hydrogens is 450 g/mol. The Labute approximate surface area is 202 Å². The van der Waals surface area contributed by atoms with Crippen molar-refractivity contribution in [3.8, 4) is 22.9 Å². The Kier molecular flexibility index (Phi) is 7.24. The second-order valence-corrected chi connectivity index (χ2v) is 7.92. The van der Waals surface area contributed by atoms with Gasteiger partial charge in [-0.3, -0.25) is 4.79 Å². The molecule has 0 unspecified atom stereocenters. The maximum atomic E-state index is 12.3. The Morgan fingerprint density at radius 3 is 2.50 bits per heavy atom. The van der Waals surface area contributed by atoms with Crippen LogP contribution in [0.1, 0.15) is 11.1 Å². The van der Waals surface area contributed by atoms with E-state index in [4.69, 9.17) is 21.7 Å². The molecule has 4 aromatic rings. The maximum Gasteiger partial charge on any atom is 0.262 e. The van der Waals surface area contributed by atoms with E-state index in [1.54, 1.807) is 11.8 Å². The lowest BCUT2D eigenvalue weighted by atomic mass is 10.2. The van der Waals surface area contributed by atoms with Crippen LogP contribution >= 0.6 is 12.2 Å². The van der Waals surface area contributed by atoms with Crippen LogP contribution in [0.4, 0.5) is 5.69 Å². The van der Waals surface area contributed by atoms with Crippen LogP contribution in [0.25, 0.3) is 11.4 Å². The molecule has 34 heavy (non-hydrogen) atoms. The van der Waals surface area contributed by atoms with E-state index in [2.05, 4.69) is 20.9 Å². The van der Waals surface area contributed by atoms with Crippen molar-refractivity contribution in [2.45, 2.75) is 13.5 Å². The van der Waals surface area contributed by atoms with Gasteiger partial charge in [0.1, 0.15) is 11.5 Å². The summed E-state index contributed by atoms with van der Waals surface area (Å²) >= 11 is 5.41. The van der Waals surface area contributed by atoms with E-state index in [9.17, 15) is 4.79 Å². The van der Waals surface area contributed by atoms with E-state index < -0.39 is 0 Å². The molecule has 0 saturated carbocycles. The van der Waals surface area contributed by atoms with Gasteiger partial charge in [-0.15, -0.1) is 0 Å². The summed E-state index contributed by atoms with van der Waals surface area (Å²) in [5, 5.41) is 10.0. The molecule has 9 heteroatoms. The summed E-state index contributed by atoms with van der Waals surface area (Å²) in [6.45, 7) is 2.28. The SMILES string of the molecule is COc1ccccc1-c1n[nH]c(=S)n1NCc1ccccc1OCC(=O)Nc1ccc(C)cc1. The Balaban J connectivity index is 1.44. The summed E-state index contributed by atoms with van der Waals surface area (Å²) in [4.78, 5) is 12.3. The predicted octanol–water partition coefficient (Wildman–Crippen LogP) is 4.69. The number of aromatic amines is 1. The van der Waals surface area contributed by atoms with Gasteiger partial charge in [0.2, 0.25) is 4.77 Å². The normalized spacial score (nSPS) is 10.5. The van der Waals surface area contributed by atoms with Gasteiger partial charge in [-0.25, -0.2) is 9.77 Å². The number of nitrogens with one attached hydrogen (secondary N) is 3. The molecular formula is C25H25N5O3S. The third-order valence-corrected chi connectivity index (χ3v) is 5.39. The van der Waals surface area contributed by atoms with Crippen molar-refractivity contribution in [2.24, 2.45) is 0 Å². The number of rotatable bonds is 9. The van der Waals surface area contributed by atoms with Gasteiger partial charge >= 0.3 is 0 Å². The highest BCUT2D eigenvalue weighted by Gasteiger charge is 2.14. The number of hydrogen-bond acceptors (Lipinski definition) is 6. The number of aryl methyl sites for hydroxylation is 1. The van der Waals surface area contributed by atoms with Crippen molar-refractivity contribution >= 4 is 23.8 Å². The zero-order valence-electron chi connectivity index (χ0n) is 18.9. The number of carbonyl (C=O) groups excluding carboxylic acids is 1. The molecule has 0 aliphatic rings. The van der Waals surface area contributed by atoms with E-state index >= 15 is 0 Å². The lowest BCUT2D eigenvalue weighted by Crippen LogP contribution is -2.21. The maximum absolute atomic E-state index is 12.3. The number of amides is 1. The molecule has 0 spiro atoms. The summed E-state index contributed by atoms with van der Waals surface area (Å²) in [5.74, 6) is 1.64. The molecule has 0 bridgehead atoms. The third kappa shape index (κ3) is 5.44. The van der Waals surface area contributed by atoms with Crippen LogP contribution in [0, 0.1) is 11.7 Å². The number of benzene rings is 3. The van der Waals surface area contributed by atoms with Crippen LogP contribution < -0.4 is 20.2 Å². The van der Waals surface area contributed by atoms with Crippen molar-refractivity contribution in [1.29, 1.82) is 0 Å². The van der Waals surface area contributed by atoms with Crippen molar-refractivity contribution in [1.82, 2.24) is 14.9 Å². The topological polar surface area (TPSA) is 93.2 Å². The number of anilines is 1. The molecule has 3 aromatic carbocycles. The summed E-state index contributed by atoms with van der Waals surface area (Å²) in [6.07, 6.45) is 0. The first kappa shape index (κ1) is 23.1. The molecule has 0 atom stereocenters. The molecule has 0 aliphatic heterocycles. The fourth-order valence-electron chi connectivity index (χ4n) is 3.39. The minimum Gasteiger partial charge on any atom is -0.496 e. The van der Waals surface area contributed by atoms with Crippen LogP contribution in [0.2, 0.25) is 0 Å². The molecule has 0 saturated heterocycles. The van der Waals surface area contributed by atoms with Gasteiger partial charge in [0.05, 0.1) is 19.2 Å².